The number of hydrogen-bond donors (Lipinski definition) is 0. The maximum Gasteiger partial charge on any atom is 0.214 e. The van der Waals surface area contributed by atoms with E-state index in [1.807, 2.05) is 0 Å². The van der Waals surface area contributed by atoms with Gasteiger partial charge in [0.2, 0.25) is 15.6 Å². The van der Waals surface area contributed by atoms with Crippen LogP contribution < -0.4 is 5.19 Å². The zero-order valence-electron chi connectivity index (χ0n) is 6.89. The van der Waals surface area contributed by atoms with Crippen LogP contribution in [0.15, 0.2) is 30.3 Å². The molecule has 0 atom stereocenters. The number of rotatable bonds is 1. The highest BCUT2D eigenvalue weighted by Crippen LogP contribution is 1.95. The first-order valence-electron chi connectivity index (χ1n) is 3.66. The SMILES string of the molecule is C[Si](C)([AlH2])c1ccccc1. The summed E-state index contributed by atoms with van der Waals surface area (Å²) in [5.74, 6) is 0. The van der Waals surface area contributed by atoms with E-state index in [2.05, 4.69) is 43.4 Å². The Bertz CT molecular complexity index is 200. The minimum absolute atomic E-state index is 0.894. The quantitative estimate of drug-likeness (QED) is 0.537. The molecule has 0 saturated heterocycles. The molecule has 0 heterocycles. The Kier molecular flexibility index (Phi) is 2.36. The van der Waals surface area contributed by atoms with Crippen molar-refractivity contribution in [2.45, 2.75) is 13.1 Å². The van der Waals surface area contributed by atoms with Crippen LogP contribution in [-0.2, 0) is 0 Å². The minimum Gasteiger partial charge on any atom is -0.0753 e. The average Bonchev–Trinajstić information content (AvgIpc) is 1.88. The molecule has 52 valence electrons. The molecule has 0 nitrogen and oxygen atoms in total. The fraction of sp³-hybridized carbons (Fsp3) is 0.250. The van der Waals surface area contributed by atoms with Gasteiger partial charge in [-0.2, -0.15) is 0 Å². The van der Waals surface area contributed by atoms with Crippen molar-refractivity contribution < 1.29 is 0 Å². The summed E-state index contributed by atoms with van der Waals surface area (Å²) < 4.78 is 0. The van der Waals surface area contributed by atoms with Crippen LogP contribution in [0.5, 0.6) is 0 Å². The molecule has 1 aromatic rings. The Balaban J connectivity index is 2.97. The van der Waals surface area contributed by atoms with Crippen molar-refractivity contribution in [3.05, 3.63) is 30.3 Å². The van der Waals surface area contributed by atoms with Crippen LogP contribution in [-0.4, -0.2) is 22.3 Å². The van der Waals surface area contributed by atoms with Gasteiger partial charge in [-0.15, -0.1) is 0 Å². The van der Waals surface area contributed by atoms with E-state index in [9.17, 15) is 0 Å². The molecule has 10 heavy (non-hydrogen) atoms. The summed E-state index contributed by atoms with van der Waals surface area (Å²) >= 11 is 1.35. The molecule has 0 radical (unpaired) electrons. The third-order valence-electron chi connectivity index (χ3n) is 1.64. The first-order valence-corrected chi connectivity index (χ1v) is 10.2. The highest BCUT2D eigenvalue weighted by atomic mass is 28.8. The van der Waals surface area contributed by atoms with Gasteiger partial charge in [-0.05, 0) is 0 Å². The van der Waals surface area contributed by atoms with Crippen LogP contribution >= 0.6 is 0 Å². The highest BCUT2D eigenvalue weighted by Gasteiger charge is 2.14. The van der Waals surface area contributed by atoms with Crippen LogP contribution in [0.4, 0.5) is 0 Å². The molecule has 0 aromatic heterocycles. The van der Waals surface area contributed by atoms with Crippen molar-refractivity contribution >= 4 is 27.5 Å². The second-order valence-corrected chi connectivity index (χ2v) is 16.2. The summed E-state index contributed by atoms with van der Waals surface area (Å²) in [6.45, 7) is 3.96. The lowest BCUT2D eigenvalue weighted by Gasteiger charge is -2.15. The van der Waals surface area contributed by atoms with Crippen molar-refractivity contribution in [1.82, 2.24) is 0 Å². The summed E-state index contributed by atoms with van der Waals surface area (Å²) in [5.41, 5.74) is 0. The summed E-state index contributed by atoms with van der Waals surface area (Å²) in [6.07, 6.45) is 0. The fourth-order valence-corrected chi connectivity index (χ4v) is 3.13. The summed E-state index contributed by atoms with van der Waals surface area (Å²) in [7, 11) is 0. The van der Waals surface area contributed by atoms with Gasteiger partial charge in [0.15, 0.2) is 0 Å². The average molecular weight is 164 g/mol. The van der Waals surface area contributed by atoms with Crippen LogP contribution in [0.2, 0.25) is 13.1 Å². The van der Waals surface area contributed by atoms with E-state index in [4.69, 9.17) is 0 Å². The Hall–Kier alpha value is -0.0306. The predicted octanol–water partition coefficient (Wildman–Crippen LogP) is 0.732. The highest BCUT2D eigenvalue weighted by molar-refractivity contribution is 7.23. The van der Waals surface area contributed by atoms with Crippen LogP contribution in [0.25, 0.3) is 0 Å². The van der Waals surface area contributed by atoms with Gasteiger partial charge >= 0.3 is 0 Å². The van der Waals surface area contributed by atoms with Gasteiger partial charge in [0.1, 0.15) is 0 Å². The largest absolute Gasteiger partial charge is 0.214 e. The molecule has 0 amide bonds. The van der Waals surface area contributed by atoms with E-state index in [0.717, 1.165) is 0 Å². The van der Waals surface area contributed by atoms with E-state index in [1.165, 1.54) is 15.6 Å². The fourth-order valence-electron chi connectivity index (χ4n) is 0.938. The molecule has 0 fully saturated rings. The summed E-state index contributed by atoms with van der Waals surface area (Å²) in [6, 6.07) is 10.9. The molecule has 0 N–H and O–H groups in total. The maximum atomic E-state index is 2.43. The Morgan fingerprint density at radius 1 is 1.10 bits per heavy atom. The van der Waals surface area contributed by atoms with E-state index in [0.29, 0.717) is 0 Å². The first-order chi connectivity index (χ1) is 4.61. The Labute approximate surface area is 71.1 Å². The van der Waals surface area contributed by atoms with E-state index < -0.39 is 6.63 Å². The second-order valence-electron chi connectivity index (χ2n) is 3.62. The summed E-state index contributed by atoms with van der Waals surface area (Å²) in [4.78, 5) is 0. The zero-order chi connectivity index (χ0) is 7.61. The minimum atomic E-state index is -0.894. The molecule has 0 aliphatic carbocycles. The summed E-state index contributed by atoms with van der Waals surface area (Å²) in [5, 5.41) is 1.60. The molecular formula is C8H13AlSi. The van der Waals surface area contributed by atoms with Crippen LogP contribution in [0.3, 0.4) is 0 Å². The van der Waals surface area contributed by atoms with Crippen molar-refractivity contribution in [2.75, 3.05) is 0 Å². The van der Waals surface area contributed by atoms with Gasteiger partial charge in [-0.3, -0.25) is 0 Å². The molecule has 1 rings (SSSR count). The molecule has 1 aromatic carbocycles. The lowest BCUT2D eigenvalue weighted by molar-refractivity contribution is 1.73. The maximum absolute atomic E-state index is 2.43. The third kappa shape index (κ3) is 1.98. The lowest BCUT2D eigenvalue weighted by atomic mass is 10.4. The number of benzene rings is 1. The van der Waals surface area contributed by atoms with Gasteiger partial charge < -0.3 is 0 Å². The predicted molar refractivity (Wildman–Crippen MR) is 52.1 cm³/mol. The monoisotopic (exact) mass is 164 g/mol. The van der Waals surface area contributed by atoms with Crippen molar-refractivity contribution in [1.29, 1.82) is 0 Å². The molecule has 0 aliphatic heterocycles. The van der Waals surface area contributed by atoms with Crippen molar-refractivity contribution in [2.24, 2.45) is 0 Å². The van der Waals surface area contributed by atoms with E-state index in [1.54, 1.807) is 5.19 Å². The Morgan fingerprint density at radius 3 is 1.90 bits per heavy atom. The van der Waals surface area contributed by atoms with Crippen molar-refractivity contribution in [3.8, 4) is 0 Å². The lowest BCUT2D eigenvalue weighted by Crippen LogP contribution is -2.41. The van der Waals surface area contributed by atoms with Crippen LogP contribution in [0.1, 0.15) is 0 Å². The van der Waals surface area contributed by atoms with E-state index >= 15 is 0 Å². The molecule has 0 saturated carbocycles. The third-order valence-corrected chi connectivity index (χ3v) is 5.44. The Morgan fingerprint density at radius 2 is 1.60 bits per heavy atom. The van der Waals surface area contributed by atoms with Gasteiger partial charge in [0.25, 0.3) is 0 Å². The topological polar surface area (TPSA) is 0 Å². The van der Waals surface area contributed by atoms with Crippen LogP contribution in [0, 0.1) is 0 Å². The number of hydrogen-bond acceptors (Lipinski definition) is 0. The molecular weight excluding hydrogens is 151 g/mol. The molecule has 0 aliphatic rings. The smallest absolute Gasteiger partial charge is 0.0753 e. The first kappa shape index (κ1) is 8.07. The molecule has 0 spiro atoms. The van der Waals surface area contributed by atoms with Gasteiger partial charge in [0, 0.05) is 6.63 Å². The molecule has 0 unspecified atom stereocenters. The van der Waals surface area contributed by atoms with Crippen molar-refractivity contribution in [3.63, 3.8) is 0 Å². The molecule has 0 bridgehead atoms. The van der Waals surface area contributed by atoms with E-state index in [-0.39, 0.29) is 0 Å². The second kappa shape index (κ2) is 2.92. The normalized spacial score (nSPS) is 11.4. The zero-order valence-corrected chi connectivity index (χ0v) is 9.89. The van der Waals surface area contributed by atoms with Gasteiger partial charge in [-0.25, -0.2) is 0 Å². The standard InChI is InChI=1S/C8H11Si.Al.2H/c1-9(2)8-6-4-3-5-7-8;;;/h3-7H,1-2H3;;;. The van der Waals surface area contributed by atoms with Gasteiger partial charge in [0.05, 0.1) is 0 Å². The van der Waals surface area contributed by atoms with Gasteiger partial charge in [-0.1, -0.05) is 48.6 Å². The molecule has 2 heteroatoms.